The Morgan fingerprint density at radius 2 is 2.15 bits per heavy atom. The Morgan fingerprint density at radius 1 is 1.40 bits per heavy atom. The molecule has 1 fully saturated rings. The minimum absolute atomic E-state index is 0.147. The predicted octanol–water partition coefficient (Wildman–Crippen LogP) is 2.73. The number of aromatic nitrogens is 1. The Balaban J connectivity index is 2.02. The lowest BCUT2D eigenvalue weighted by Crippen LogP contribution is -2.25. The number of hydrogen-bond acceptors (Lipinski definition) is 3. The summed E-state index contributed by atoms with van der Waals surface area (Å²) in [6, 6.07) is 4.57. The van der Waals surface area contributed by atoms with E-state index in [4.69, 9.17) is 4.74 Å². The molecule has 1 aliphatic rings. The van der Waals surface area contributed by atoms with Crippen molar-refractivity contribution in [3.63, 3.8) is 0 Å². The molecule has 0 aliphatic heterocycles. The zero-order valence-electron chi connectivity index (χ0n) is 12.2. The highest BCUT2D eigenvalue weighted by molar-refractivity contribution is 6.11. The van der Waals surface area contributed by atoms with Crippen LogP contribution in [0.25, 0.3) is 10.9 Å². The van der Waals surface area contributed by atoms with Crippen LogP contribution in [0.15, 0.2) is 12.1 Å². The van der Waals surface area contributed by atoms with Gasteiger partial charge < -0.3 is 15.0 Å². The normalized spacial score (nSPS) is 14.8. The third kappa shape index (κ3) is 2.31. The van der Waals surface area contributed by atoms with Crippen molar-refractivity contribution in [3.8, 4) is 5.75 Å². The molecule has 3 rings (SSSR count). The maximum absolute atomic E-state index is 12.5. The first kappa shape index (κ1) is 13.2. The Labute approximate surface area is 118 Å². The SMILES string of the molecule is COc1cc(C)cc2c(C(=O)CNC3CC3)c(C)[nH]c12. The minimum atomic E-state index is 0.147. The Kier molecular flexibility index (Phi) is 3.26. The Morgan fingerprint density at radius 3 is 2.80 bits per heavy atom. The van der Waals surface area contributed by atoms with Crippen molar-refractivity contribution < 1.29 is 9.53 Å². The molecule has 1 aliphatic carbocycles. The van der Waals surface area contributed by atoms with Gasteiger partial charge in [0.05, 0.1) is 19.2 Å². The van der Waals surface area contributed by atoms with Gasteiger partial charge in [-0.15, -0.1) is 0 Å². The topological polar surface area (TPSA) is 54.1 Å². The highest BCUT2D eigenvalue weighted by atomic mass is 16.5. The zero-order valence-corrected chi connectivity index (χ0v) is 12.2. The molecule has 2 N–H and O–H groups in total. The van der Waals surface area contributed by atoms with Crippen molar-refractivity contribution in [1.82, 2.24) is 10.3 Å². The molecule has 106 valence electrons. The summed E-state index contributed by atoms with van der Waals surface area (Å²) >= 11 is 0. The van der Waals surface area contributed by atoms with E-state index in [0.29, 0.717) is 12.6 Å². The lowest BCUT2D eigenvalue weighted by atomic mass is 10.0. The third-order valence-electron chi connectivity index (χ3n) is 3.83. The summed E-state index contributed by atoms with van der Waals surface area (Å²) in [7, 11) is 1.65. The van der Waals surface area contributed by atoms with Gasteiger partial charge in [0.2, 0.25) is 0 Å². The van der Waals surface area contributed by atoms with Gasteiger partial charge in [0.15, 0.2) is 5.78 Å². The second kappa shape index (κ2) is 4.94. The number of fused-ring (bicyclic) bond motifs is 1. The molecule has 0 saturated heterocycles. The average Bonchev–Trinajstić information content (AvgIpc) is 3.18. The highest BCUT2D eigenvalue weighted by Crippen LogP contribution is 2.31. The third-order valence-corrected chi connectivity index (χ3v) is 3.83. The van der Waals surface area contributed by atoms with E-state index in [0.717, 1.165) is 33.5 Å². The van der Waals surface area contributed by atoms with Crippen LogP contribution in [0.4, 0.5) is 0 Å². The second-order valence-electron chi connectivity index (χ2n) is 5.59. The zero-order chi connectivity index (χ0) is 14.3. The number of benzene rings is 1. The second-order valence-corrected chi connectivity index (χ2v) is 5.59. The van der Waals surface area contributed by atoms with Crippen LogP contribution in [-0.2, 0) is 0 Å². The molecule has 4 heteroatoms. The number of carbonyl (C=O) groups is 1. The van der Waals surface area contributed by atoms with Gasteiger partial charge in [-0.2, -0.15) is 0 Å². The molecule has 1 aromatic carbocycles. The number of rotatable bonds is 5. The van der Waals surface area contributed by atoms with Crippen LogP contribution >= 0.6 is 0 Å². The number of Topliss-reactive ketones (excluding diaryl/α,β-unsaturated/α-hetero) is 1. The Bertz CT molecular complexity index is 669. The van der Waals surface area contributed by atoms with Crippen LogP contribution in [0.2, 0.25) is 0 Å². The summed E-state index contributed by atoms with van der Waals surface area (Å²) < 4.78 is 5.41. The molecular formula is C16H20N2O2. The fraction of sp³-hybridized carbons (Fsp3) is 0.438. The summed E-state index contributed by atoms with van der Waals surface area (Å²) in [5.74, 6) is 0.936. The molecule has 4 nitrogen and oxygen atoms in total. The average molecular weight is 272 g/mol. The predicted molar refractivity (Wildman–Crippen MR) is 79.7 cm³/mol. The smallest absolute Gasteiger partial charge is 0.179 e. The lowest BCUT2D eigenvalue weighted by molar-refractivity contribution is 0.0991. The number of ether oxygens (including phenoxy) is 1. The van der Waals surface area contributed by atoms with Gasteiger partial charge in [-0.05, 0) is 44.4 Å². The van der Waals surface area contributed by atoms with Crippen molar-refractivity contribution in [3.05, 3.63) is 29.0 Å². The molecule has 0 atom stereocenters. The van der Waals surface area contributed by atoms with Crippen molar-refractivity contribution >= 4 is 16.7 Å². The molecule has 0 unspecified atom stereocenters. The van der Waals surface area contributed by atoms with Crippen molar-refractivity contribution in [2.24, 2.45) is 0 Å². The fourth-order valence-electron chi connectivity index (χ4n) is 2.66. The molecular weight excluding hydrogens is 252 g/mol. The number of aryl methyl sites for hydroxylation is 2. The van der Waals surface area contributed by atoms with Crippen LogP contribution in [0.1, 0.15) is 34.5 Å². The molecule has 0 amide bonds. The first-order valence-electron chi connectivity index (χ1n) is 7.03. The molecule has 1 heterocycles. The number of hydrogen-bond donors (Lipinski definition) is 2. The van der Waals surface area contributed by atoms with Gasteiger partial charge in [0, 0.05) is 22.7 Å². The number of nitrogens with one attached hydrogen (secondary N) is 2. The van der Waals surface area contributed by atoms with E-state index < -0.39 is 0 Å². The molecule has 0 radical (unpaired) electrons. The highest BCUT2D eigenvalue weighted by Gasteiger charge is 2.23. The molecule has 1 aromatic heterocycles. The van der Waals surface area contributed by atoms with E-state index in [1.165, 1.54) is 12.8 Å². The standard InChI is InChI=1S/C16H20N2O2/c1-9-6-12-15(13(19)8-17-11-4-5-11)10(2)18-16(12)14(7-9)20-3/h6-7,11,17-18H,4-5,8H2,1-3H3. The van der Waals surface area contributed by atoms with E-state index in [2.05, 4.69) is 10.3 Å². The molecule has 20 heavy (non-hydrogen) atoms. The van der Waals surface area contributed by atoms with E-state index >= 15 is 0 Å². The van der Waals surface area contributed by atoms with Gasteiger partial charge in [-0.3, -0.25) is 4.79 Å². The molecule has 0 spiro atoms. The van der Waals surface area contributed by atoms with E-state index in [9.17, 15) is 4.79 Å². The van der Waals surface area contributed by atoms with Gasteiger partial charge in [0.25, 0.3) is 0 Å². The summed E-state index contributed by atoms with van der Waals surface area (Å²) in [6.07, 6.45) is 2.38. The van der Waals surface area contributed by atoms with Crippen LogP contribution < -0.4 is 10.1 Å². The number of H-pyrrole nitrogens is 1. The minimum Gasteiger partial charge on any atom is -0.495 e. The summed E-state index contributed by atoms with van der Waals surface area (Å²) in [5.41, 5.74) is 3.70. The van der Waals surface area contributed by atoms with Gasteiger partial charge in [0.1, 0.15) is 5.75 Å². The van der Waals surface area contributed by atoms with Crippen LogP contribution in [0.5, 0.6) is 5.75 Å². The van der Waals surface area contributed by atoms with Crippen molar-refractivity contribution in [1.29, 1.82) is 0 Å². The maximum atomic E-state index is 12.5. The Hall–Kier alpha value is -1.81. The van der Waals surface area contributed by atoms with Gasteiger partial charge in [-0.25, -0.2) is 0 Å². The largest absolute Gasteiger partial charge is 0.495 e. The number of carbonyl (C=O) groups excluding carboxylic acids is 1. The van der Waals surface area contributed by atoms with Crippen LogP contribution in [-0.4, -0.2) is 30.5 Å². The summed E-state index contributed by atoms with van der Waals surface area (Å²) in [6.45, 7) is 4.37. The quantitative estimate of drug-likeness (QED) is 0.823. The van der Waals surface area contributed by atoms with Gasteiger partial charge in [-0.1, -0.05) is 0 Å². The summed E-state index contributed by atoms with van der Waals surface area (Å²) in [4.78, 5) is 15.7. The van der Waals surface area contributed by atoms with Crippen molar-refractivity contribution in [2.45, 2.75) is 32.7 Å². The van der Waals surface area contributed by atoms with Crippen LogP contribution in [0, 0.1) is 13.8 Å². The number of methoxy groups -OCH3 is 1. The maximum Gasteiger partial charge on any atom is 0.179 e. The van der Waals surface area contributed by atoms with E-state index in [1.54, 1.807) is 7.11 Å². The molecule has 2 aromatic rings. The summed E-state index contributed by atoms with van der Waals surface area (Å²) in [5, 5.41) is 4.25. The number of aromatic amines is 1. The van der Waals surface area contributed by atoms with Crippen LogP contribution in [0.3, 0.4) is 0 Å². The number of ketones is 1. The van der Waals surface area contributed by atoms with Crippen molar-refractivity contribution in [2.75, 3.05) is 13.7 Å². The fourth-order valence-corrected chi connectivity index (χ4v) is 2.66. The van der Waals surface area contributed by atoms with E-state index in [-0.39, 0.29) is 5.78 Å². The first-order valence-corrected chi connectivity index (χ1v) is 7.03. The van der Waals surface area contributed by atoms with Gasteiger partial charge >= 0.3 is 0 Å². The first-order chi connectivity index (χ1) is 9.60. The molecule has 1 saturated carbocycles. The lowest BCUT2D eigenvalue weighted by Gasteiger charge is -2.05. The molecule has 0 bridgehead atoms. The monoisotopic (exact) mass is 272 g/mol. The van der Waals surface area contributed by atoms with E-state index in [1.807, 2.05) is 26.0 Å².